The van der Waals surface area contributed by atoms with Gasteiger partial charge < -0.3 is 5.11 Å². The van der Waals surface area contributed by atoms with Crippen molar-refractivity contribution in [2.24, 2.45) is 0 Å². The summed E-state index contributed by atoms with van der Waals surface area (Å²) in [7, 11) is 0. The molecule has 0 saturated heterocycles. The van der Waals surface area contributed by atoms with Crippen molar-refractivity contribution in [1.82, 2.24) is 5.43 Å². The maximum Gasteiger partial charge on any atom is 0.335 e. The largest absolute Gasteiger partial charge is 0.478 e. The second kappa shape index (κ2) is 6.26. The van der Waals surface area contributed by atoms with E-state index < -0.39 is 5.97 Å². The summed E-state index contributed by atoms with van der Waals surface area (Å²) in [5, 5.41) is 11.0. The Bertz CT molecular complexity index is 753. The number of benzene rings is 2. The van der Waals surface area contributed by atoms with Gasteiger partial charge in [-0.2, -0.15) is 0 Å². The number of nitrogens with one attached hydrogen (secondary N) is 1. The lowest BCUT2D eigenvalue weighted by Gasteiger charge is -2.22. The minimum atomic E-state index is -0.920. The molecule has 2 N–H and O–H groups in total. The van der Waals surface area contributed by atoms with E-state index in [0.29, 0.717) is 5.92 Å². The van der Waals surface area contributed by atoms with Gasteiger partial charge in [0.1, 0.15) is 0 Å². The van der Waals surface area contributed by atoms with Crippen molar-refractivity contribution in [1.29, 1.82) is 0 Å². The van der Waals surface area contributed by atoms with Gasteiger partial charge in [0.2, 0.25) is 0 Å². The zero-order valence-electron chi connectivity index (χ0n) is 13.2. The van der Waals surface area contributed by atoms with Crippen LogP contribution in [-0.2, 0) is 0 Å². The van der Waals surface area contributed by atoms with Crippen LogP contribution in [0.3, 0.4) is 0 Å². The van der Waals surface area contributed by atoms with Gasteiger partial charge in [-0.1, -0.05) is 44.2 Å². The quantitative estimate of drug-likeness (QED) is 0.893. The molecule has 2 aromatic carbocycles. The lowest BCUT2D eigenvalue weighted by Crippen LogP contribution is -2.31. The Balaban J connectivity index is 1.84. The summed E-state index contributed by atoms with van der Waals surface area (Å²) in [6.45, 7) is 4.37. The van der Waals surface area contributed by atoms with Gasteiger partial charge in [-0.3, -0.25) is 5.01 Å². The van der Waals surface area contributed by atoms with Gasteiger partial charge in [0.25, 0.3) is 0 Å². The Morgan fingerprint density at radius 3 is 2.70 bits per heavy atom. The minimum absolute atomic E-state index is 0.0853. The molecular weight excluding hydrogens is 288 g/mol. The van der Waals surface area contributed by atoms with Crippen molar-refractivity contribution < 1.29 is 9.90 Å². The number of carbonyl (C=O) groups is 1. The van der Waals surface area contributed by atoms with Gasteiger partial charge in [-0.25, -0.2) is 10.2 Å². The summed E-state index contributed by atoms with van der Waals surface area (Å²) in [5.74, 6) is -0.470. The van der Waals surface area contributed by atoms with Crippen molar-refractivity contribution in [2.75, 3.05) is 5.01 Å². The third-order valence-corrected chi connectivity index (χ3v) is 4.03. The number of hydrogen-bond donors (Lipinski definition) is 2. The molecule has 3 rings (SSSR count). The first kappa shape index (κ1) is 15.3. The van der Waals surface area contributed by atoms with E-state index in [4.69, 9.17) is 5.11 Å². The molecule has 0 spiro atoms. The van der Waals surface area contributed by atoms with Crippen LogP contribution >= 0.6 is 0 Å². The Morgan fingerprint density at radius 1 is 1.17 bits per heavy atom. The molecule has 0 saturated carbocycles. The van der Waals surface area contributed by atoms with E-state index in [1.54, 1.807) is 18.2 Å². The predicted molar refractivity (Wildman–Crippen MR) is 91.4 cm³/mol. The molecule has 1 unspecified atom stereocenters. The van der Waals surface area contributed by atoms with Crippen LogP contribution in [0.5, 0.6) is 0 Å². The van der Waals surface area contributed by atoms with Crippen LogP contribution in [0.15, 0.2) is 60.8 Å². The summed E-state index contributed by atoms with van der Waals surface area (Å²) in [6.07, 6.45) is 4.04. The van der Waals surface area contributed by atoms with Crippen LogP contribution < -0.4 is 10.4 Å². The Hall–Kier alpha value is -2.59. The van der Waals surface area contributed by atoms with E-state index >= 15 is 0 Å². The fourth-order valence-electron chi connectivity index (χ4n) is 2.85. The third kappa shape index (κ3) is 3.12. The molecule has 0 aromatic heterocycles. The average molecular weight is 308 g/mol. The first-order chi connectivity index (χ1) is 11.1. The second-order valence-corrected chi connectivity index (χ2v) is 5.96. The molecule has 118 valence electrons. The van der Waals surface area contributed by atoms with Crippen molar-refractivity contribution in [3.8, 4) is 0 Å². The van der Waals surface area contributed by atoms with E-state index in [9.17, 15) is 4.79 Å². The lowest BCUT2D eigenvalue weighted by atomic mass is 9.93. The number of nitrogens with zero attached hydrogens (tertiary/aromatic N) is 1. The molecule has 0 fully saturated rings. The third-order valence-electron chi connectivity index (χ3n) is 4.03. The van der Waals surface area contributed by atoms with Gasteiger partial charge in [0.05, 0.1) is 17.3 Å². The number of hydrogen-bond acceptors (Lipinski definition) is 3. The number of aromatic carboxylic acids is 1. The highest BCUT2D eigenvalue weighted by molar-refractivity contribution is 5.88. The van der Waals surface area contributed by atoms with Gasteiger partial charge in [0.15, 0.2) is 0 Å². The first-order valence-electron chi connectivity index (χ1n) is 7.72. The van der Waals surface area contributed by atoms with Crippen LogP contribution in [0.4, 0.5) is 5.69 Å². The maximum atomic E-state index is 11.1. The van der Waals surface area contributed by atoms with Crippen molar-refractivity contribution in [2.45, 2.75) is 25.8 Å². The van der Waals surface area contributed by atoms with Crippen molar-refractivity contribution >= 4 is 11.7 Å². The number of carboxylic acid groups (broad SMARTS) is 1. The normalized spacial score (nSPS) is 17.0. The minimum Gasteiger partial charge on any atom is -0.478 e. The molecule has 4 heteroatoms. The van der Waals surface area contributed by atoms with E-state index in [0.717, 1.165) is 5.69 Å². The smallest absolute Gasteiger partial charge is 0.335 e. The van der Waals surface area contributed by atoms with Crippen molar-refractivity contribution in [3.05, 3.63) is 77.5 Å². The molecule has 0 amide bonds. The van der Waals surface area contributed by atoms with E-state index in [1.165, 1.54) is 11.1 Å². The van der Waals surface area contributed by atoms with Gasteiger partial charge >= 0.3 is 5.97 Å². The van der Waals surface area contributed by atoms with Gasteiger partial charge in [0, 0.05) is 6.20 Å². The predicted octanol–water partition coefficient (Wildman–Crippen LogP) is 4.09. The fourth-order valence-corrected chi connectivity index (χ4v) is 2.85. The van der Waals surface area contributed by atoms with E-state index in [-0.39, 0.29) is 11.6 Å². The van der Waals surface area contributed by atoms with Crippen LogP contribution in [0.25, 0.3) is 0 Å². The number of hydrazine groups is 1. The molecule has 1 aliphatic rings. The fraction of sp³-hybridized carbons (Fsp3) is 0.211. The van der Waals surface area contributed by atoms with Gasteiger partial charge in [-0.05, 0) is 41.3 Å². The standard InChI is InChI=1S/C19H20N2O2/c1-13(2)16-8-3-4-9-17(16)18-10-11-21(20-18)15-7-5-6-14(12-15)19(22)23/h3-13,18,20H,1-2H3,(H,22,23). The summed E-state index contributed by atoms with van der Waals surface area (Å²) >= 11 is 0. The van der Waals surface area contributed by atoms with Crippen molar-refractivity contribution in [3.63, 3.8) is 0 Å². The molecule has 4 nitrogen and oxygen atoms in total. The molecule has 1 aliphatic heterocycles. The highest BCUT2D eigenvalue weighted by Crippen LogP contribution is 2.30. The monoisotopic (exact) mass is 308 g/mol. The Morgan fingerprint density at radius 2 is 1.96 bits per heavy atom. The maximum absolute atomic E-state index is 11.1. The summed E-state index contributed by atoms with van der Waals surface area (Å²) in [5.41, 5.74) is 7.07. The first-order valence-corrected chi connectivity index (χ1v) is 7.72. The molecule has 0 aliphatic carbocycles. The van der Waals surface area contributed by atoms with Gasteiger partial charge in [-0.15, -0.1) is 0 Å². The SMILES string of the molecule is CC(C)c1ccccc1C1C=CN(c2cccc(C(=O)O)c2)N1. The van der Waals surface area contributed by atoms with E-state index in [1.807, 2.05) is 23.3 Å². The molecule has 1 heterocycles. The van der Waals surface area contributed by atoms with Crippen LogP contribution in [0.1, 0.15) is 47.3 Å². The zero-order valence-corrected chi connectivity index (χ0v) is 13.2. The van der Waals surface area contributed by atoms with Crippen LogP contribution in [-0.4, -0.2) is 11.1 Å². The highest BCUT2D eigenvalue weighted by atomic mass is 16.4. The zero-order chi connectivity index (χ0) is 16.4. The summed E-state index contributed by atoms with van der Waals surface area (Å²) < 4.78 is 0. The highest BCUT2D eigenvalue weighted by Gasteiger charge is 2.21. The molecule has 0 bridgehead atoms. The van der Waals surface area contributed by atoms with Crippen LogP contribution in [0.2, 0.25) is 0 Å². The molecule has 2 aromatic rings. The summed E-state index contributed by atoms with van der Waals surface area (Å²) in [4.78, 5) is 11.1. The molecular formula is C19H20N2O2. The lowest BCUT2D eigenvalue weighted by molar-refractivity contribution is 0.0697. The molecule has 23 heavy (non-hydrogen) atoms. The average Bonchev–Trinajstić information content (AvgIpc) is 3.05. The second-order valence-electron chi connectivity index (χ2n) is 5.96. The van der Waals surface area contributed by atoms with Crippen LogP contribution in [0, 0.1) is 0 Å². The van der Waals surface area contributed by atoms with E-state index in [2.05, 4.69) is 43.5 Å². The topological polar surface area (TPSA) is 52.6 Å². The Kier molecular flexibility index (Phi) is 4.17. The Labute approximate surface area is 136 Å². The molecule has 1 atom stereocenters. The molecule has 0 radical (unpaired) electrons. The number of anilines is 1. The number of rotatable bonds is 4. The number of carboxylic acids is 1. The summed E-state index contributed by atoms with van der Waals surface area (Å²) in [6, 6.07) is 15.4.